The Morgan fingerprint density at radius 1 is 1.07 bits per heavy atom. The first-order valence-corrected chi connectivity index (χ1v) is 14.0. The number of rotatable bonds is 9. The number of carbonyl (C=O) groups is 1. The molecule has 1 atom stereocenters. The third-order valence-electron chi connectivity index (χ3n) is 6.70. The Kier molecular flexibility index (Phi) is 8.34. The van der Waals surface area contributed by atoms with Crippen LogP contribution in [0.25, 0.3) is 5.69 Å². The van der Waals surface area contributed by atoms with Gasteiger partial charge in [0, 0.05) is 28.3 Å². The number of hydrogen-bond donors (Lipinski definition) is 3. The van der Waals surface area contributed by atoms with Crippen molar-refractivity contribution in [2.45, 2.75) is 37.0 Å². The van der Waals surface area contributed by atoms with Gasteiger partial charge in [0.1, 0.15) is 17.6 Å². The summed E-state index contributed by atoms with van der Waals surface area (Å²) < 4.78 is 7.52. The molecule has 1 unspecified atom stereocenters. The predicted molar refractivity (Wildman–Crippen MR) is 157 cm³/mol. The molecule has 0 saturated heterocycles. The number of aryl methyl sites for hydroxylation is 1. The van der Waals surface area contributed by atoms with Crippen LogP contribution in [0.4, 0.5) is 0 Å². The van der Waals surface area contributed by atoms with Crippen molar-refractivity contribution < 1.29 is 19.6 Å². The van der Waals surface area contributed by atoms with Gasteiger partial charge < -0.3 is 20.1 Å². The SMILES string of the molecule is CCNC(=O)CC1N=C(c2ccc(SCc3ccc(B(O)O)cc3)cc2)c2cc(OC)ccc2-n2c(C)nnc21. The molecule has 2 heterocycles. The molecule has 0 spiro atoms. The molecule has 0 bridgehead atoms. The van der Waals surface area contributed by atoms with Crippen LogP contribution in [0.3, 0.4) is 0 Å². The number of hydrogen-bond acceptors (Lipinski definition) is 8. The average Bonchev–Trinajstić information content (AvgIpc) is 3.29. The van der Waals surface area contributed by atoms with Crippen molar-refractivity contribution in [1.82, 2.24) is 20.1 Å². The van der Waals surface area contributed by atoms with Crippen LogP contribution in [0, 0.1) is 6.92 Å². The standard InChI is InChI=1S/C29H30BN5O4S/c1-4-31-27(36)16-25-29-34-33-18(2)35(29)26-14-11-22(39-3)15-24(26)28(32-25)20-7-12-23(13-8-20)40-17-19-5-9-21(10-6-19)30(37)38/h5-15,25,37-38H,4,16-17H2,1-3H3,(H,31,36). The minimum absolute atomic E-state index is 0.0976. The molecule has 5 rings (SSSR count). The Balaban J connectivity index is 1.49. The van der Waals surface area contributed by atoms with Crippen molar-refractivity contribution in [3.05, 3.63) is 95.1 Å². The Morgan fingerprint density at radius 2 is 1.82 bits per heavy atom. The molecule has 9 nitrogen and oxygen atoms in total. The van der Waals surface area contributed by atoms with Gasteiger partial charge in [0.15, 0.2) is 5.82 Å². The largest absolute Gasteiger partial charge is 0.497 e. The number of amides is 1. The summed E-state index contributed by atoms with van der Waals surface area (Å²) >= 11 is 1.69. The number of methoxy groups -OCH3 is 1. The third kappa shape index (κ3) is 5.81. The zero-order chi connectivity index (χ0) is 28.2. The van der Waals surface area contributed by atoms with Gasteiger partial charge in [-0.2, -0.15) is 0 Å². The maximum Gasteiger partial charge on any atom is 0.488 e. The van der Waals surface area contributed by atoms with Gasteiger partial charge in [0.05, 0.1) is 24.9 Å². The molecule has 4 aromatic rings. The molecule has 1 aromatic heterocycles. The van der Waals surface area contributed by atoms with Gasteiger partial charge in [-0.05, 0) is 55.2 Å². The lowest BCUT2D eigenvalue weighted by molar-refractivity contribution is -0.121. The number of fused-ring (bicyclic) bond motifs is 3. The lowest BCUT2D eigenvalue weighted by Gasteiger charge is -2.14. The van der Waals surface area contributed by atoms with E-state index in [0.29, 0.717) is 29.4 Å². The summed E-state index contributed by atoms with van der Waals surface area (Å²) in [6.07, 6.45) is 0.153. The van der Waals surface area contributed by atoms with Crippen molar-refractivity contribution in [2.75, 3.05) is 13.7 Å². The van der Waals surface area contributed by atoms with Crippen LogP contribution in [0.2, 0.25) is 0 Å². The van der Waals surface area contributed by atoms with Crippen molar-refractivity contribution in [3.8, 4) is 11.4 Å². The van der Waals surface area contributed by atoms with Gasteiger partial charge in [-0.1, -0.05) is 36.4 Å². The highest BCUT2D eigenvalue weighted by Gasteiger charge is 2.30. The Labute approximate surface area is 237 Å². The van der Waals surface area contributed by atoms with Gasteiger partial charge in [0.2, 0.25) is 5.91 Å². The molecule has 1 amide bonds. The second-order valence-corrected chi connectivity index (χ2v) is 10.5. The van der Waals surface area contributed by atoms with Crippen molar-refractivity contribution in [3.63, 3.8) is 0 Å². The van der Waals surface area contributed by atoms with Crippen LogP contribution in [-0.4, -0.2) is 57.2 Å². The van der Waals surface area contributed by atoms with E-state index in [1.165, 1.54) is 0 Å². The Morgan fingerprint density at radius 3 is 2.50 bits per heavy atom. The van der Waals surface area contributed by atoms with Crippen molar-refractivity contribution in [2.24, 2.45) is 4.99 Å². The molecule has 11 heteroatoms. The summed E-state index contributed by atoms with van der Waals surface area (Å²) in [5.74, 6) is 2.68. The molecule has 1 aliphatic rings. The Bertz CT molecular complexity index is 1540. The van der Waals surface area contributed by atoms with Gasteiger partial charge in [-0.25, -0.2) is 0 Å². The average molecular weight is 555 g/mol. The number of carbonyl (C=O) groups excluding carboxylic acids is 1. The minimum Gasteiger partial charge on any atom is -0.497 e. The number of ether oxygens (including phenoxy) is 1. The second kappa shape index (κ2) is 12.1. The van der Waals surface area contributed by atoms with Gasteiger partial charge in [0.25, 0.3) is 0 Å². The van der Waals surface area contributed by atoms with E-state index in [2.05, 4.69) is 27.6 Å². The number of nitrogens with one attached hydrogen (secondary N) is 1. The number of aromatic nitrogens is 3. The van der Waals surface area contributed by atoms with Gasteiger partial charge in [-0.15, -0.1) is 22.0 Å². The fourth-order valence-corrected chi connectivity index (χ4v) is 5.53. The topological polar surface area (TPSA) is 122 Å². The molecule has 3 N–H and O–H groups in total. The summed E-state index contributed by atoms with van der Waals surface area (Å²) in [6, 6.07) is 20.8. The molecule has 204 valence electrons. The highest BCUT2D eigenvalue weighted by Crippen LogP contribution is 2.34. The maximum atomic E-state index is 12.7. The summed E-state index contributed by atoms with van der Waals surface area (Å²) in [6.45, 7) is 4.32. The van der Waals surface area contributed by atoms with E-state index in [0.717, 1.165) is 38.7 Å². The van der Waals surface area contributed by atoms with E-state index in [1.54, 1.807) is 31.0 Å². The minimum atomic E-state index is -1.47. The first-order chi connectivity index (χ1) is 19.4. The molecule has 0 saturated carbocycles. The number of benzene rings is 3. The lowest BCUT2D eigenvalue weighted by atomic mass is 9.80. The van der Waals surface area contributed by atoms with Crippen LogP contribution < -0.4 is 15.5 Å². The zero-order valence-electron chi connectivity index (χ0n) is 22.5. The first-order valence-electron chi connectivity index (χ1n) is 13.0. The van der Waals surface area contributed by atoms with Crippen LogP contribution in [0.5, 0.6) is 5.75 Å². The molecule has 3 aromatic carbocycles. The highest BCUT2D eigenvalue weighted by atomic mass is 32.2. The molecular weight excluding hydrogens is 525 g/mol. The summed E-state index contributed by atoms with van der Waals surface area (Å²) in [4.78, 5) is 18.9. The Hall–Kier alpha value is -3.93. The maximum absolute atomic E-state index is 12.7. The van der Waals surface area contributed by atoms with Gasteiger partial charge >= 0.3 is 7.12 Å². The van der Waals surface area contributed by atoms with Crippen molar-refractivity contribution in [1.29, 1.82) is 0 Å². The van der Waals surface area contributed by atoms with E-state index in [9.17, 15) is 14.8 Å². The molecular formula is C29H30BN5O4S. The predicted octanol–water partition coefficient (Wildman–Crippen LogP) is 2.97. The van der Waals surface area contributed by atoms with Gasteiger partial charge in [-0.3, -0.25) is 14.4 Å². The summed E-state index contributed by atoms with van der Waals surface area (Å²) in [5, 5.41) is 30.2. The summed E-state index contributed by atoms with van der Waals surface area (Å²) in [5.41, 5.74) is 4.97. The fourth-order valence-electron chi connectivity index (χ4n) is 4.68. The zero-order valence-corrected chi connectivity index (χ0v) is 23.4. The quantitative estimate of drug-likeness (QED) is 0.215. The van der Waals surface area contributed by atoms with E-state index in [-0.39, 0.29) is 12.3 Å². The van der Waals surface area contributed by atoms with Crippen LogP contribution in [0.1, 0.15) is 47.7 Å². The van der Waals surface area contributed by atoms with E-state index < -0.39 is 13.2 Å². The van der Waals surface area contributed by atoms with Crippen molar-refractivity contribution >= 4 is 36.0 Å². The highest BCUT2D eigenvalue weighted by molar-refractivity contribution is 7.98. The van der Waals surface area contributed by atoms with Crippen LogP contribution >= 0.6 is 11.8 Å². The van der Waals surface area contributed by atoms with Crippen LogP contribution in [0.15, 0.2) is 76.6 Å². The lowest BCUT2D eigenvalue weighted by Crippen LogP contribution is -2.29. The molecule has 40 heavy (non-hydrogen) atoms. The summed E-state index contributed by atoms with van der Waals surface area (Å²) in [7, 11) is 0.167. The molecule has 0 radical (unpaired) electrons. The molecule has 0 aliphatic carbocycles. The second-order valence-electron chi connectivity index (χ2n) is 9.40. The number of nitrogens with zero attached hydrogens (tertiary/aromatic N) is 4. The molecule has 0 fully saturated rings. The third-order valence-corrected chi connectivity index (χ3v) is 7.78. The van der Waals surface area contributed by atoms with E-state index in [4.69, 9.17) is 9.73 Å². The molecule has 1 aliphatic heterocycles. The number of thioether (sulfide) groups is 1. The van der Waals surface area contributed by atoms with E-state index >= 15 is 0 Å². The monoisotopic (exact) mass is 555 g/mol. The van der Waals surface area contributed by atoms with Crippen LogP contribution in [-0.2, 0) is 10.5 Å². The fraction of sp³-hybridized carbons (Fsp3) is 0.241. The first kappa shape index (κ1) is 27.6. The number of aliphatic imine (C=N–C) groups is 1. The normalized spacial score (nSPS) is 14.0. The smallest absolute Gasteiger partial charge is 0.488 e. The van der Waals surface area contributed by atoms with E-state index in [1.807, 2.05) is 60.9 Å².